The van der Waals surface area contributed by atoms with Crippen LogP contribution in [0.4, 0.5) is 11.4 Å². The van der Waals surface area contributed by atoms with Gasteiger partial charge in [0.1, 0.15) is 0 Å². The van der Waals surface area contributed by atoms with Crippen molar-refractivity contribution in [3.63, 3.8) is 0 Å². The van der Waals surface area contributed by atoms with Gasteiger partial charge in [-0.2, -0.15) is 5.23 Å². The number of nitrogens with one attached hydrogen (secondary N) is 2. The number of hydrogen-bond acceptors (Lipinski definition) is 7. The Balaban J connectivity index is 1.27. The molecule has 0 radical (unpaired) electrons. The second-order valence-electron chi connectivity index (χ2n) is 10.9. The van der Waals surface area contributed by atoms with Gasteiger partial charge in [0.25, 0.3) is 5.56 Å². The maximum Gasteiger partial charge on any atom is 0.250 e. The lowest BCUT2D eigenvalue weighted by Gasteiger charge is -2.54. The van der Waals surface area contributed by atoms with Gasteiger partial charge in [0, 0.05) is 61.2 Å². The lowest BCUT2D eigenvalue weighted by Crippen LogP contribution is -2.99. The fraction of sp³-hybridized carbons (Fsp3) is 0.400. The lowest BCUT2D eigenvalue weighted by molar-refractivity contribution is -0.991. The van der Waals surface area contributed by atoms with Gasteiger partial charge >= 0.3 is 0 Å². The lowest BCUT2D eigenvalue weighted by atomic mass is 9.70. The van der Waals surface area contributed by atoms with E-state index in [-0.39, 0.29) is 40.9 Å². The zero-order chi connectivity index (χ0) is 28.0. The van der Waals surface area contributed by atoms with E-state index in [0.717, 1.165) is 28.9 Å². The quantitative estimate of drug-likeness (QED) is 0.387. The highest BCUT2D eigenvalue weighted by Crippen LogP contribution is 2.47. The molecular weight excluding hydrogens is 512 g/mol. The van der Waals surface area contributed by atoms with Gasteiger partial charge in [0.2, 0.25) is 5.91 Å². The van der Waals surface area contributed by atoms with Crippen LogP contribution >= 0.6 is 0 Å². The number of nitrogens with zero attached hydrogens (tertiary/aromatic N) is 2. The molecule has 5 atom stereocenters. The van der Waals surface area contributed by atoms with E-state index in [9.17, 15) is 20.0 Å². The Morgan fingerprint density at radius 3 is 2.70 bits per heavy atom. The molecule has 6 rings (SSSR count). The summed E-state index contributed by atoms with van der Waals surface area (Å²) in [5.41, 5.74) is 4.14. The summed E-state index contributed by atoms with van der Waals surface area (Å²) in [7, 11) is 3.19. The minimum absolute atomic E-state index is 0.00104. The van der Waals surface area contributed by atoms with Crippen LogP contribution in [0.3, 0.4) is 0 Å². The van der Waals surface area contributed by atoms with E-state index < -0.39 is 5.23 Å². The molecule has 3 aliphatic rings. The van der Waals surface area contributed by atoms with Crippen LogP contribution in [0.1, 0.15) is 29.2 Å². The standard InChI is InChI=1S/C30H34N4O6/c1-39-26-9-6-18(12-27(26)40-2)10-11-31-30(36)23-15-19-14-22(34(37)38)7-8-25(19)33-16-20-13-21(29(23)33)17-32-24(20)4-3-5-28(32)35/h3-9,12,14,20-21,23,29,34,37H,10-11,13,15-17H2,1-2H3,(H,31,36). The van der Waals surface area contributed by atoms with E-state index in [1.807, 2.05) is 41.0 Å². The van der Waals surface area contributed by atoms with Gasteiger partial charge in [-0.3, -0.25) is 9.59 Å². The largest absolute Gasteiger partial charge is 0.595 e. The topological polar surface area (TPSA) is 121 Å². The number of aromatic nitrogens is 1. The van der Waals surface area contributed by atoms with Gasteiger partial charge in [-0.05, 0) is 60.6 Å². The SMILES string of the molecule is COc1ccc(CCNC(=O)C2Cc3cc([NH+]([O-])O)ccc3N3CC4CC(Cn5c4cccc5=O)C23)cc1OC. The van der Waals surface area contributed by atoms with Crippen LogP contribution < -0.4 is 30.5 Å². The highest BCUT2D eigenvalue weighted by atomic mass is 16.8. The third-order valence-electron chi connectivity index (χ3n) is 8.75. The molecule has 0 aliphatic carbocycles. The maximum atomic E-state index is 13.8. The van der Waals surface area contributed by atoms with Gasteiger partial charge in [-0.15, -0.1) is 0 Å². The molecule has 10 heteroatoms. The zero-order valence-corrected chi connectivity index (χ0v) is 22.6. The molecule has 3 N–H and O–H groups in total. The fourth-order valence-electron chi connectivity index (χ4n) is 6.98. The molecule has 10 nitrogen and oxygen atoms in total. The van der Waals surface area contributed by atoms with Crippen LogP contribution in [-0.4, -0.2) is 49.0 Å². The summed E-state index contributed by atoms with van der Waals surface area (Å²) < 4.78 is 12.6. The first-order valence-corrected chi connectivity index (χ1v) is 13.7. The molecule has 5 unspecified atom stereocenters. The van der Waals surface area contributed by atoms with Crippen molar-refractivity contribution >= 4 is 17.3 Å². The van der Waals surface area contributed by atoms with E-state index >= 15 is 0 Å². The molecule has 0 spiro atoms. The Bertz CT molecular complexity index is 1490. The number of methoxy groups -OCH3 is 2. The van der Waals surface area contributed by atoms with E-state index in [1.54, 1.807) is 32.4 Å². The van der Waals surface area contributed by atoms with Crippen molar-refractivity contribution in [2.24, 2.45) is 11.8 Å². The van der Waals surface area contributed by atoms with Crippen molar-refractivity contribution in [1.82, 2.24) is 9.88 Å². The van der Waals surface area contributed by atoms with Crippen molar-refractivity contribution in [2.75, 3.05) is 32.2 Å². The maximum absolute atomic E-state index is 13.8. The number of fused-ring (bicyclic) bond motifs is 8. The zero-order valence-electron chi connectivity index (χ0n) is 22.6. The van der Waals surface area contributed by atoms with E-state index in [0.29, 0.717) is 44.0 Å². The summed E-state index contributed by atoms with van der Waals surface area (Å²) in [4.78, 5) is 28.8. The van der Waals surface area contributed by atoms with Crippen molar-refractivity contribution < 1.29 is 24.7 Å². The number of rotatable bonds is 7. The monoisotopic (exact) mass is 546 g/mol. The Morgan fingerprint density at radius 1 is 1.10 bits per heavy atom. The molecular formula is C30H34N4O6. The first kappa shape index (κ1) is 26.4. The molecule has 3 aromatic rings. The molecule has 1 aromatic heterocycles. The molecule has 2 aromatic carbocycles. The summed E-state index contributed by atoms with van der Waals surface area (Å²) in [5, 5.41) is 23.5. The number of hydrogen-bond donors (Lipinski definition) is 3. The second kappa shape index (κ2) is 10.6. The third-order valence-corrected chi connectivity index (χ3v) is 8.75. The minimum Gasteiger partial charge on any atom is -0.595 e. The summed E-state index contributed by atoms with van der Waals surface area (Å²) in [6.45, 7) is 1.71. The van der Waals surface area contributed by atoms with Crippen molar-refractivity contribution in [3.8, 4) is 11.5 Å². The molecule has 4 heterocycles. The van der Waals surface area contributed by atoms with Crippen molar-refractivity contribution in [2.45, 2.75) is 37.8 Å². The van der Waals surface area contributed by atoms with E-state index in [2.05, 4.69) is 10.2 Å². The number of carbonyl (C=O) groups excluding carboxylic acids is 1. The number of pyridine rings is 1. The van der Waals surface area contributed by atoms with Gasteiger partial charge in [-0.25, -0.2) is 5.21 Å². The molecule has 2 bridgehead atoms. The average Bonchev–Trinajstić information content (AvgIpc) is 2.96. The Kier molecular flexibility index (Phi) is 6.99. The Hall–Kier alpha value is -3.86. The summed E-state index contributed by atoms with van der Waals surface area (Å²) in [5.74, 6) is 1.17. The molecule has 1 amide bonds. The molecule has 1 saturated heterocycles. The highest BCUT2D eigenvalue weighted by Gasteiger charge is 2.49. The number of quaternary nitrogens is 1. The fourth-order valence-corrected chi connectivity index (χ4v) is 6.98. The van der Waals surface area contributed by atoms with Gasteiger partial charge < -0.3 is 29.5 Å². The average molecular weight is 547 g/mol. The number of amides is 1. The second-order valence-corrected chi connectivity index (χ2v) is 10.9. The minimum atomic E-state index is -0.982. The van der Waals surface area contributed by atoms with E-state index in [4.69, 9.17) is 9.47 Å². The number of carbonyl (C=O) groups is 1. The van der Waals surface area contributed by atoms with Crippen LogP contribution in [0.5, 0.6) is 11.5 Å². The Morgan fingerprint density at radius 2 is 1.93 bits per heavy atom. The first-order chi connectivity index (χ1) is 19.4. The summed E-state index contributed by atoms with van der Waals surface area (Å²) in [6, 6.07) is 16.3. The normalized spacial score (nSPS) is 23.4. The number of benzene rings is 2. The number of anilines is 1. The van der Waals surface area contributed by atoms with Gasteiger partial charge in [0.05, 0.1) is 20.1 Å². The molecule has 1 fully saturated rings. The van der Waals surface area contributed by atoms with Crippen molar-refractivity contribution in [3.05, 3.63) is 87.0 Å². The van der Waals surface area contributed by atoms with Gasteiger partial charge in [0.15, 0.2) is 17.2 Å². The highest BCUT2D eigenvalue weighted by molar-refractivity contribution is 5.82. The predicted octanol–water partition coefficient (Wildman–Crippen LogP) is 1.79. The summed E-state index contributed by atoms with van der Waals surface area (Å²) in [6.07, 6.45) is 2.00. The van der Waals surface area contributed by atoms with Crippen LogP contribution in [0.25, 0.3) is 0 Å². The predicted molar refractivity (Wildman–Crippen MR) is 148 cm³/mol. The van der Waals surface area contributed by atoms with Crippen LogP contribution in [-0.2, 0) is 24.2 Å². The third kappa shape index (κ3) is 4.61. The Labute approximate surface area is 232 Å². The molecule has 210 valence electrons. The number of ether oxygens (including phenoxy) is 2. The summed E-state index contributed by atoms with van der Waals surface area (Å²) >= 11 is 0. The molecule has 3 aliphatic heterocycles. The van der Waals surface area contributed by atoms with Crippen molar-refractivity contribution in [1.29, 1.82) is 0 Å². The smallest absolute Gasteiger partial charge is 0.250 e. The van der Waals surface area contributed by atoms with Crippen LogP contribution in [0, 0.1) is 17.0 Å². The first-order valence-electron chi connectivity index (χ1n) is 13.7. The van der Waals surface area contributed by atoms with Crippen LogP contribution in [0.2, 0.25) is 0 Å². The molecule has 0 saturated carbocycles. The number of piperidine rings is 1. The van der Waals surface area contributed by atoms with Gasteiger partial charge in [-0.1, -0.05) is 12.1 Å². The van der Waals surface area contributed by atoms with E-state index in [1.165, 1.54) is 0 Å². The van der Waals surface area contributed by atoms with Crippen LogP contribution in [0.15, 0.2) is 59.4 Å². The molecule has 40 heavy (non-hydrogen) atoms.